The van der Waals surface area contributed by atoms with Crippen LogP contribution >= 0.6 is 11.8 Å². The molecule has 31 heavy (non-hydrogen) atoms. The molecule has 0 aliphatic carbocycles. The zero-order valence-corrected chi connectivity index (χ0v) is 18.3. The number of aliphatic carboxylic acids is 1. The fourth-order valence-electron chi connectivity index (χ4n) is 3.65. The van der Waals surface area contributed by atoms with E-state index in [2.05, 4.69) is 41.7 Å². The minimum Gasteiger partial charge on any atom is -0.480 e. The SMILES string of the molecule is CCCC(=O)N[C@@H](CSC(c1ccccc1)(c1ccccc1)c1ccccc1)C(=O)O. The van der Waals surface area contributed by atoms with Gasteiger partial charge in [-0.15, -0.1) is 11.8 Å². The van der Waals surface area contributed by atoms with Crippen LogP contribution in [0.25, 0.3) is 0 Å². The van der Waals surface area contributed by atoms with Crippen LogP contribution in [0.4, 0.5) is 0 Å². The van der Waals surface area contributed by atoms with E-state index >= 15 is 0 Å². The van der Waals surface area contributed by atoms with Crippen molar-refractivity contribution in [2.75, 3.05) is 5.75 Å². The quantitative estimate of drug-likeness (QED) is 0.438. The number of rotatable bonds is 10. The van der Waals surface area contributed by atoms with Gasteiger partial charge in [-0.25, -0.2) is 4.79 Å². The smallest absolute Gasteiger partial charge is 0.327 e. The average Bonchev–Trinajstić information content (AvgIpc) is 2.81. The summed E-state index contributed by atoms with van der Waals surface area (Å²) in [6.45, 7) is 1.90. The first kappa shape index (κ1) is 22.6. The molecule has 0 heterocycles. The Labute approximate surface area is 187 Å². The average molecular weight is 434 g/mol. The normalized spacial score (nSPS) is 12.2. The third kappa shape index (κ3) is 5.36. The van der Waals surface area contributed by atoms with Crippen molar-refractivity contribution in [1.29, 1.82) is 0 Å². The van der Waals surface area contributed by atoms with Gasteiger partial charge < -0.3 is 10.4 Å². The number of thioether (sulfide) groups is 1. The van der Waals surface area contributed by atoms with E-state index in [0.29, 0.717) is 12.8 Å². The van der Waals surface area contributed by atoms with Crippen LogP contribution in [0.5, 0.6) is 0 Å². The van der Waals surface area contributed by atoms with Gasteiger partial charge in [0, 0.05) is 12.2 Å². The lowest BCUT2D eigenvalue weighted by Crippen LogP contribution is -2.43. The summed E-state index contributed by atoms with van der Waals surface area (Å²) in [6, 6.07) is 29.3. The molecule has 2 N–H and O–H groups in total. The number of carbonyl (C=O) groups is 2. The molecule has 3 rings (SSSR count). The van der Waals surface area contributed by atoms with E-state index < -0.39 is 16.8 Å². The summed E-state index contributed by atoms with van der Waals surface area (Å²) in [6.07, 6.45) is 0.989. The number of hydrogen-bond donors (Lipinski definition) is 2. The molecule has 0 radical (unpaired) electrons. The summed E-state index contributed by atoms with van der Waals surface area (Å²) in [5.74, 6) is -1.04. The van der Waals surface area contributed by atoms with Gasteiger partial charge >= 0.3 is 5.97 Å². The van der Waals surface area contributed by atoms with Crippen LogP contribution in [0.2, 0.25) is 0 Å². The maximum absolute atomic E-state index is 12.1. The predicted molar refractivity (Wildman–Crippen MR) is 126 cm³/mol. The van der Waals surface area contributed by atoms with Crippen molar-refractivity contribution < 1.29 is 14.7 Å². The van der Waals surface area contributed by atoms with Gasteiger partial charge in [-0.05, 0) is 23.1 Å². The lowest BCUT2D eigenvalue weighted by molar-refractivity contribution is -0.141. The zero-order chi connectivity index (χ0) is 22.1. The first-order valence-electron chi connectivity index (χ1n) is 10.4. The highest BCUT2D eigenvalue weighted by Gasteiger charge is 2.38. The number of carboxylic acids is 1. The molecule has 0 spiro atoms. The number of carboxylic acid groups (broad SMARTS) is 1. The Morgan fingerprint density at radius 2 is 1.26 bits per heavy atom. The fraction of sp³-hybridized carbons (Fsp3) is 0.231. The van der Waals surface area contributed by atoms with Crippen LogP contribution in [0.1, 0.15) is 36.5 Å². The monoisotopic (exact) mass is 433 g/mol. The minimum atomic E-state index is -1.03. The van der Waals surface area contributed by atoms with Gasteiger partial charge in [0.1, 0.15) is 6.04 Å². The van der Waals surface area contributed by atoms with E-state index in [0.717, 1.165) is 16.7 Å². The van der Waals surface area contributed by atoms with Crippen molar-refractivity contribution in [2.45, 2.75) is 30.6 Å². The molecule has 0 saturated carbocycles. The first-order chi connectivity index (χ1) is 15.1. The third-order valence-electron chi connectivity index (χ3n) is 5.12. The first-order valence-corrected chi connectivity index (χ1v) is 11.4. The Morgan fingerprint density at radius 1 is 0.839 bits per heavy atom. The van der Waals surface area contributed by atoms with Crippen LogP contribution in [0, 0.1) is 0 Å². The lowest BCUT2D eigenvalue weighted by atomic mass is 9.84. The van der Waals surface area contributed by atoms with E-state index in [1.54, 1.807) is 0 Å². The van der Waals surface area contributed by atoms with E-state index in [1.807, 2.05) is 61.5 Å². The molecular formula is C26H27NO3S. The summed E-state index contributed by atoms with van der Waals surface area (Å²) in [4.78, 5) is 24.0. The highest BCUT2D eigenvalue weighted by atomic mass is 32.2. The number of amides is 1. The molecule has 0 aliphatic rings. The van der Waals surface area contributed by atoms with Crippen molar-refractivity contribution in [2.24, 2.45) is 0 Å². The third-order valence-corrected chi connectivity index (χ3v) is 6.76. The molecule has 160 valence electrons. The lowest BCUT2D eigenvalue weighted by Gasteiger charge is -2.36. The Morgan fingerprint density at radius 3 is 1.61 bits per heavy atom. The van der Waals surface area contributed by atoms with Crippen LogP contribution < -0.4 is 5.32 Å². The molecule has 0 saturated heterocycles. The van der Waals surface area contributed by atoms with Gasteiger partial charge in [-0.2, -0.15) is 0 Å². The predicted octanol–water partition coefficient (Wildman–Crippen LogP) is 5.08. The number of carbonyl (C=O) groups excluding carboxylic acids is 1. The molecule has 3 aromatic carbocycles. The van der Waals surface area contributed by atoms with Crippen LogP contribution in [0.15, 0.2) is 91.0 Å². The summed E-state index contributed by atoms with van der Waals surface area (Å²) in [5, 5.41) is 12.5. The molecule has 1 atom stereocenters. The van der Waals surface area contributed by atoms with Gasteiger partial charge in [-0.3, -0.25) is 4.79 Å². The Hall–Kier alpha value is -3.05. The summed E-state index contributed by atoms with van der Waals surface area (Å²) in [7, 11) is 0. The number of nitrogens with one attached hydrogen (secondary N) is 1. The maximum Gasteiger partial charge on any atom is 0.327 e. The van der Waals surface area contributed by atoms with Gasteiger partial charge in [0.15, 0.2) is 0 Å². The molecule has 5 heteroatoms. The minimum absolute atomic E-state index is 0.226. The topological polar surface area (TPSA) is 66.4 Å². The Kier molecular flexibility index (Phi) is 7.90. The van der Waals surface area contributed by atoms with E-state index in [4.69, 9.17) is 0 Å². The van der Waals surface area contributed by atoms with Gasteiger partial charge in [0.05, 0.1) is 4.75 Å². The van der Waals surface area contributed by atoms with Crippen molar-refractivity contribution in [3.63, 3.8) is 0 Å². The zero-order valence-electron chi connectivity index (χ0n) is 17.5. The van der Waals surface area contributed by atoms with Crippen LogP contribution in [-0.4, -0.2) is 28.8 Å². The molecular weight excluding hydrogens is 406 g/mol. The van der Waals surface area contributed by atoms with E-state index in [-0.39, 0.29) is 11.7 Å². The maximum atomic E-state index is 12.1. The van der Waals surface area contributed by atoms with Crippen LogP contribution in [-0.2, 0) is 14.3 Å². The molecule has 0 aliphatic heterocycles. The standard InChI is InChI=1S/C26H27NO3S/c1-2-12-24(28)27-23(25(29)30)19-31-26(20-13-6-3-7-14-20,21-15-8-4-9-16-21)22-17-10-5-11-18-22/h3-11,13-18,23H,2,12,19H2,1H3,(H,27,28)(H,29,30)/t23-/m0/s1. The van der Waals surface area contributed by atoms with Gasteiger partial charge in [0.2, 0.25) is 5.91 Å². The summed E-state index contributed by atoms with van der Waals surface area (Å²) >= 11 is 1.53. The van der Waals surface area contributed by atoms with Crippen molar-refractivity contribution in [1.82, 2.24) is 5.32 Å². The van der Waals surface area contributed by atoms with Crippen molar-refractivity contribution in [3.05, 3.63) is 108 Å². The summed E-state index contributed by atoms with van der Waals surface area (Å²) < 4.78 is -0.618. The van der Waals surface area contributed by atoms with Gasteiger partial charge in [0.25, 0.3) is 0 Å². The number of benzene rings is 3. The Bertz CT molecular complexity index is 881. The molecule has 1 amide bonds. The van der Waals surface area contributed by atoms with E-state index in [1.165, 1.54) is 11.8 Å². The molecule has 0 unspecified atom stereocenters. The number of hydrogen-bond acceptors (Lipinski definition) is 3. The molecule has 0 bridgehead atoms. The fourth-order valence-corrected chi connectivity index (χ4v) is 5.20. The van der Waals surface area contributed by atoms with Crippen LogP contribution in [0.3, 0.4) is 0 Å². The Balaban J connectivity index is 2.07. The molecule has 4 nitrogen and oxygen atoms in total. The molecule has 0 aromatic heterocycles. The molecule has 0 fully saturated rings. The van der Waals surface area contributed by atoms with Crippen molar-refractivity contribution in [3.8, 4) is 0 Å². The van der Waals surface area contributed by atoms with Gasteiger partial charge in [-0.1, -0.05) is 97.9 Å². The van der Waals surface area contributed by atoms with E-state index in [9.17, 15) is 14.7 Å². The largest absolute Gasteiger partial charge is 0.480 e. The summed E-state index contributed by atoms with van der Waals surface area (Å²) in [5.41, 5.74) is 3.17. The van der Waals surface area contributed by atoms with Crippen molar-refractivity contribution >= 4 is 23.6 Å². The molecule has 3 aromatic rings. The highest BCUT2D eigenvalue weighted by Crippen LogP contribution is 2.48. The second-order valence-electron chi connectivity index (χ2n) is 7.30. The highest BCUT2D eigenvalue weighted by molar-refractivity contribution is 8.00. The second-order valence-corrected chi connectivity index (χ2v) is 8.53. The second kappa shape index (κ2) is 10.8.